The van der Waals surface area contributed by atoms with Crippen LogP contribution in [0.5, 0.6) is 0 Å². The average molecular weight is 267 g/mol. The summed E-state index contributed by atoms with van der Waals surface area (Å²) in [6.45, 7) is 5.60. The molecule has 0 radical (unpaired) electrons. The number of nitrogens with two attached hydrogens (primary N) is 1. The van der Waals surface area contributed by atoms with Gasteiger partial charge in [-0.05, 0) is 51.5 Å². The van der Waals surface area contributed by atoms with Gasteiger partial charge in [0.25, 0.3) is 0 Å². The molecule has 0 unspecified atom stereocenters. The zero-order valence-electron chi connectivity index (χ0n) is 10.7. The van der Waals surface area contributed by atoms with Crippen molar-refractivity contribution >= 4 is 17.2 Å². The highest BCUT2D eigenvalue weighted by molar-refractivity contribution is 7.10. The zero-order chi connectivity index (χ0) is 12.8. The summed E-state index contributed by atoms with van der Waals surface area (Å²) >= 11 is 1.59. The number of primary amides is 1. The fourth-order valence-electron chi connectivity index (χ4n) is 2.25. The number of nitrogens with one attached hydrogen (secondary N) is 1. The molecule has 1 aromatic rings. The van der Waals surface area contributed by atoms with E-state index in [4.69, 9.17) is 5.73 Å². The van der Waals surface area contributed by atoms with Gasteiger partial charge in [0.2, 0.25) is 5.91 Å². The first kappa shape index (κ1) is 13.5. The van der Waals surface area contributed by atoms with Crippen molar-refractivity contribution in [2.45, 2.75) is 25.8 Å². The largest absolute Gasteiger partial charge is 0.366 e. The maximum Gasteiger partial charge on any atom is 0.249 e. The third-order valence-electron chi connectivity index (χ3n) is 3.26. The van der Waals surface area contributed by atoms with Crippen LogP contribution in [0.4, 0.5) is 0 Å². The number of hydrogen-bond donors (Lipinski definition) is 2. The van der Waals surface area contributed by atoms with Crippen LogP contribution in [-0.2, 0) is 6.54 Å². The minimum absolute atomic E-state index is 0.341. The molecule has 0 aliphatic carbocycles. The number of amides is 1. The molecule has 0 aromatic carbocycles. The van der Waals surface area contributed by atoms with E-state index in [2.05, 4.69) is 10.2 Å². The monoisotopic (exact) mass is 267 g/mol. The first-order valence-corrected chi connectivity index (χ1v) is 7.44. The van der Waals surface area contributed by atoms with E-state index in [0.29, 0.717) is 5.56 Å². The molecule has 3 N–H and O–H groups in total. The van der Waals surface area contributed by atoms with E-state index < -0.39 is 0 Å². The van der Waals surface area contributed by atoms with Crippen LogP contribution in [0.3, 0.4) is 0 Å². The summed E-state index contributed by atoms with van der Waals surface area (Å²) in [4.78, 5) is 14.6. The van der Waals surface area contributed by atoms with Gasteiger partial charge in [0, 0.05) is 16.8 Å². The van der Waals surface area contributed by atoms with Crippen LogP contribution in [0.15, 0.2) is 11.4 Å². The van der Waals surface area contributed by atoms with E-state index in [1.54, 1.807) is 11.3 Å². The Bertz CT molecular complexity index is 385. The Morgan fingerprint density at radius 2 is 2.22 bits per heavy atom. The highest BCUT2D eigenvalue weighted by Crippen LogP contribution is 2.13. The van der Waals surface area contributed by atoms with E-state index >= 15 is 0 Å². The molecule has 1 fully saturated rings. The second-order valence-electron chi connectivity index (χ2n) is 4.75. The van der Waals surface area contributed by atoms with Gasteiger partial charge in [-0.1, -0.05) is 0 Å². The number of likely N-dealkylation sites (tertiary alicyclic amines) is 1. The van der Waals surface area contributed by atoms with Gasteiger partial charge in [0.05, 0.1) is 5.56 Å². The molecule has 4 nitrogen and oxygen atoms in total. The summed E-state index contributed by atoms with van der Waals surface area (Å²) in [5, 5.41) is 5.23. The fraction of sp³-hybridized carbons (Fsp3) is 0.615. The van der Waals surface area contributed by atoms with Crippen molar-refractivity contribution in [1.82, 2.24) is 10.2 Å². The third kappa shape index (κ3) is 4.08. The molecular formula is C13H21N3OS. The highest BCUT2D eigenvalue weighted by atomic mass is 32.1. The molecular weight excluding hydrogens is 246 g/mol. The van der Waals surface area contributed by atoms with E-state index in [1.807, 2.05) is 11.4 Å². The first-order valence-electron chi connectivity index (χ1n) is 6.56. The Hall–Kier alpha value is -0.910. The molecule has 2 rings (SSSR count). The Balaban J connectivity index is 1.58. The van der Waals surface area contributed by atoms with E-state index in [0.717, 1.165) is 13.1 Å². The van der Waals surface area contributed by atoms with Crippen molar-refractivity contribution in [2.75, 3.05) is 26.2 Å². The maximum absolute atomic E-state index is 10.9. The van der Waals surface area contributed by atoms with Gasteiger partial charge in [-0.25, -0.2) is 0 Å². The van der Waals surface area contributed by atoms with Gasteiger partial charge < -0.3 is 16.0 Å². The molecule has 1 amide bonds. The third-order valence-corrected chi connectivity index (χ3v) is 4.20. The lowest BCUT2D eigenvalue weighted by molar-refractivity contribution is 0.100. The van der Waals surface area contributed by atoms with Crippen molar-refractivity contribution in [2.24, 2.45) is 5.73 Å². The van der Waals surface area contributed by atoms with Gasteiger partial charge in [0.1, 0.15) is 0 Å². The first-order chi connectivity index (χ1) is 8.75. The summed E-state index contributed by atoms with van der Waals surface area (Å²) in [6.07, 6.45) is 3.91. The van der Waals surface area contributed by atoms with Crippen LogP contribution in [0.1, 0.15) is 34.5 Å². The molecule has 100 valence electrons. The molecule has 1 aliphatic rings. The molecule has 1 aliphatic heterocycles. The molecule has 1 saturated heterocycles. The van der Waals surface area contributed by atoms with Crippen molar-refractivity contribution in [3.63, 3.8) is 0 Å². The number of carbonyl (C=O) groups excluding carboxylic acids is 1. The minimum Gasteiger partial charge on any atom is -0.366 e. The van der Waals surface area contributed by atoms with Gasteiger partial charge in [-0.15, -0.1) is 11.3 Å². The predicted molar refractivity (Wildman–Crippen MR) is 74.8 cm³/mol. The Morgan fingerprint density at radius 3 is 2.89 bits per heavy atom. The normalized spacial score (nSPS) is 16.2. The average Bonchev–Trinajstić information content (AvgIpc) is 2.98. The van der Waals surface area contributed by atoms with Crippen molar-refractivity contribution < 1.29 is 4.79 Å². The Morgan fingerprint density at radius 1 is 1.44 bits per heavy atom. The molecule has 0 saturated carbocycles. The van der Waals surface area contributed by atoms with E-state index in [-0.39, 0.29) is 5.91 Å². The van der Waals surface area contributed by atoms with Crippen molar-refractivity contribution in [3.05, 3.63) is 21.9 Å². The summed E-state index contributed by atoms with van der Waals surface area (Å²) < 4.78 is 0. The number of rotatable bonds is 7. The maximum atomic E-state index is 10.9. The lowest BCUT2D eigenvalue weighted by atomic mass is 10.3. The Labute approximate surface area is 112 Å². The highest BCUT2D eigenvalue weighted by Gasteiger charge is 2.10. The smallest absolute Gasteiger partial charge is 0.249 e. The van der Waals surface area contributed by atoms with E-state index in [9.17, 15) is 4.79 Å². The lowest BCUT2D eigenvalue weighted by Gasteiger charge is -2.14. The minimum atomic E-state index is -0.341. The molecule has 1 aromatic heterocycles. The van der Waals surface area contributed by atoms with Gasteiger partial charge >= 0.3 is 0 Å². The molecule has 5 heteroatoms. The number of nitrogens with zero attached hydrogens (tertiary/aromatic N) is 1. The molecule has 0 atom stereocenters. The quantitative estimate of drug-likeness (QED) is 0.735. The van der Waals surface area contributed by atoms with Crippen LogP contribution in [0, 0.1) is 0 Å². The lowest BCUT2D eigenvalue weighted by Crippen LogP contribution is -2.24. The number of hydrogen-bond acceptors (Lipinski definition) is 4. The second kappa shape index (κ2) is 6.87. The second-order valence-corrected chi connectivity index (χ2v) is 5.74. The molecule has 18 heavy (non-hydrogen) atoms. The number of carbonyl (C=O) groups is 1. The standard InChI is InChI=1S/C13H21N3OS/c14-13(17)11-8-12(18-10-11)9-15-4-3-7-16-5-1-2-6-16/h8,10,15H,1-7,9H2,(H2,14,17). The van der Waals surface area contributed by atoms with Gasteiger partial charge in [-0.2, -0.15) is 0 Å². The topological polar surface area (TPSA) is 58.4 Å². The molecule has 0 bridgehead atoms. The fourth-order valence-corrected chi connectivity index (χ4v) is 3.09. The van der Waals surface area contributed by atoms with Crippen LogP contribution in [-0.4, -0.2) is 37.0 Å². The SMILES string of the molecule is NC(=O)c1csc(CNCCCN2CCCC2)c1. The summed E-state index contributed by atoms with van der Waals surface area (Å²) in [5.74, 6) is -0.341. The van der Waals surface area contributed by atoms with Crippen molar-refractivity contribution in [1.29, 1.82) is 0 Å². The van der Waals surface area contributed by atoms with E-state index in [1.165, 1.54) is 43.8 Å². The summed E-state index contributed by atoms with van der Waals surface area (Å²) in [7, 11) is 0. The van der Waals surface area contributed by atoms with Gasteiger partial charge in [-0.3, -0.25) is 4.79 Å². The molecule has 0 spiro atoms. The summed E-state index contributed by atoms with van der Waals surface area (Å²) in [5.41, 5.74) is 5.83. The van der Waals surface area contributed by atoms with Crippen LogP contribution >= 0.6 is 11.3 Å². The zero-order valence-corrected chi connectivity index (χ0v) is 11.5. The predicted octanol–water partition coefficient (Wildman–Crippen LogP) is 1.42. The van der Waals surface area contributed by atoms with Crippen molar-refractivity contribution in [3.8, 4) is 0 Å². The van der Waals surface area contributed by atoms with Crippen LogP contribution in [0.25, 0.3) is 0 Å². The van der Waals surface area contributed by atoms with Gasteiger partial charge in [0.15, 0.2) is 0 Å². The Kier molecular flexibility index (Phi) is 5.16. The van der Waals surface area contributed by atoms with Crippen LogP contribution < -0.4 is 11.1 Å². The summed E-state index contributed by atoms with van der Waals surface area (Å²) in [6, 6.07) is 1.88. The molecule has 2 heterocycles. The van der Waals surface area contributed by atoms with Crippen LogP contribution in [0.2, 0.25) is 0 Å². The number of thiophene rings is 1.